The van der Waals surface area contributed by atoms with Gasteiger partial charge in [0.05, 0.1) is 26.4 Å². The number of aliphatic hydroxyl groups excluding tert-OH is 1. The number of phosphoric ester groups is 2. The van der Waals surface area contributed by atoms with E-state index in [-0.39, 0.29) is 25.7 Å². The summed E-state index contributed by atoms with van der Waals surface area (Å²) in [5, 5.41) is 10.5. The lowest BCUT2D eigenvalue weighted by Crippen LogP contribution is -2.30. The second kappa shape index (κ2) is 53.5. The number of unbranched alkanes of at least 4 members (excludes halogenated alkanes) is 27. The third-order valence-corrected chi connectivity index (χ3v) is 16.4. The van der Waals surface area contributed by atoms with Gasteiger partial charge in [-0.1, -0.05) is 248 Å². The highest BCUT2D eigenvalue weighted by Crippen LogP contribution is 2.45. The lowest BCUT2D eigenvalue weighted by atomic mass is 10.00. The monoisotopic (exact) mass is 1200 g/mol. The van der Waals surface area contributed by atoms with E-state index < -0.39 is 97.5 Å². The minimum absolute atomic E-state index is 0.101. The van der Waals surface area contributed by atoms with Gasteiger partial charge < -0.3 is 33.8 Å². The van der Waals surface area contributed by atoms with Crippen molar-refractivity contribution in [2.24, 2.45) is 17.8 Å². The van der Waals surface area contributed by atoms with Crippen LogP contribution in [0.15, 0.2) is 0 Å². The molecular weight excluding hydrogens is 1080 g/mol. The molecule has 0 saturated heterocycles. The number of carbonyl (C=O) groups is 4. The molecule has 0 aromatic rings. The van der Waals surface area contributed by atoms with E-state index in [0.717, 1.165) is 115 Å². The molecule has 19 heteroatoms. The van der Waals surface area contributed by atoms with E-state index in [1.807, 2.05) is 0 Å². The molecule has 0 aliphatic carbocycles. The Balaban J connectivity index is 5.23. The molecule has 480 valence electrons. The van der Waals surface area contributed by atoms with Crippen molar-refractivity contribution in [3.05, 3.63) is 0 Å². The van der Waals surface area contributed by atoms with E-state index in [4.69, 9.17) is 37.0 Å². The topological polar surface area (TPSA) is 237 Å². The summed E-state index contributed by atoms with van der Waals surface area (Å²) in [5.41, 5.74) is 0. The first kappa shape index (κ1) is 79.1. The van der Waals surface area contributed by atoms with Crippen molar-refractivity contribution in [2.45, 2.75) is 317 Å². The number of ether oxygens (including phenoxy) is 4. The molecule has 0 heterocycles. The van der Waals surface area contributed by atoms with Crippen molar-refractivity contribution in [2.75, 3.05) is 39.6 Å². The van der Waals surface area contributed by atoms with Gasteiger partial charge in [0.1, 0.15) is 19.3 Å². The molecule has 0 rings (SSSR count). The van der Waals surface area contributed by atoms with Gasteiger partial charge in [0.15, 0.2) is 12.2 Å². The number of phosphoric acid groups is 2. The van der Waals surface area contributed by atoms with Crippen LogP contribution in [0.4, 0.5) is 0 Å². The van der Waals surface area contributed by atoms with E-state index in [1.165, 1.54) is 96.3 Å². The van der Waals surface area contributed by atoms with E-state index in [2.05, 4.69) is 48.5 Å². The minimum atomic E-state index is -4.94. The second-order valence-corrected chi connectivity index (χ2v) is 26.5. The fourth-order valence-corrected chi connectivity index (χ4v) is 10.7. The zero-order chi connectivity index (χ0) is 60.3. The van der Waals surface area contributed by atoms with E-state index >= 15 is 0 Å². The summed E-state index contributed by atoms with van der Waals surface area (Å²) in [7, 11) is -9.88. The average molecular weight is 1200 g/mol. The van der Waals surface area contributed by atoms with Gasteiger partial charge >= 0.3 is 39.5 Å². The van der Waals surface area contributed by atoms with Crippen molar-refractivity contribution in [1.29, 1.82) is 0 Å². The first-order valence-electron chi connectivity index (χ1n) is 32.4. The summed E-state index contributed by atoms with van der Waals surface area (Å²) in [6.07, 6.45) is 33.7. The van der Waals surface area contributed by atoms with Crippen LogP contribution in [0.1, 0.15) is 299 Å². The lowest BCUT2D eigenvalue weighted by Gasteiger charge is -2.21. The third kappa shape index (κ3) is 55.7. The van der Waals surface area contributed by atoms with Crippen LogP contribution in [0.5, 0.6) is 0 Å². The fraction of sp³-hybridized carbons (Fsp3) is 0.935. The van der Waals surface area contributed by atoms with Crippen LogP contribution in [0, 0.1) is 17.8 Å². The molecule has 81 heavy (non-hydrogen) atoms. The smallest absolute Gasteiger partial charge is 0.462 e. The van der Waals surface area contributed by atoms with Gasteiger partial charge in [0.25, 0.3) is 0 Å². The van der Waals surface area contributed by atoms with Gasteiger partial charge in [-0.2, -0.15) is 0 Å². The Labute approximate surface area is 492 Å². The summed E-state index contributed by atoms with van der Waals surface area (Å²) in [6.45, 7) is 11.6. The largest absolute Gasteiger partial charge is 0.472 e. The van der Waals surface area contributed by atoms with Gasteiger partial charge in [0.2, 0.25) is 0 Å². The second-order valence-electron chi connectivity index (χ2n) is 23.6. The van der Waals surface area contributed by atoms with Crippen LogP contribution >= 0.6 is 15.6 Å². The Kier molecular flexibility index (Phi) is 52.2. The predicted octanol–water partition coefficient (Wildman–Crippen LogP) is 16.7. The summed E-state index contributed by atoms with van der Waals surface area (Å²) in [6, 6.07) is 0. The van der Waals surface area contributed by atoms with E-state index in [1.54, 1.807) is 0 Å². The summed E-state index contributed by atoms with van der Waals surface area (Å²) in [5.74, 6) is 0.0202. The molecule has 17 nitrogen and oxygen atoms in total. The van der Waals surface area contributed by atoms with Crippen LogP contribution in [-0.2, 0) is 65.4 Å². The van der Waals surface area contributed by atoms with Crippen LogP contribution in [-0.4, -0.2) is 96.7 Å². The molecule has 0 radical (unpaired) electrons. The number of rotatable bonds is 60. The van der Waals surface area contributed by atoms with Gasteiger partial charge in [-0.15, -0.1) is 0 Å². The van der Waals surface area contributed by atoms with Crippen LogP contribution in [0.2, 0.25) is 0 Å². The Morgan fingerprint density at radius 3 is 0.938 bits per heavy atom. The number of aliphatic hydroxyl groups is 1. The Hall–Kier alpha value is -1.94. The quantitative estimate of drug-likeness (QED) is 0.0222. The minimum Gasteiger partial charge on any atom is -0.462 e. The molecule has 0 aromatic heterocycles. The molecule has 6 atom stereocenters. The van der Waals surface area contributed by atoms with Gasteiger partial charge in [-0.05, 0) is 43.4 Å². The first-order valence-corrected chi connectivity index (χ1v) is 35.4. The van der Waals surface area contributed by atoms with Crippen LogP contribution in [0.3, 0.4) is 0 Å². The normalized spacial score (nSPS) is 14.8. The number of hydrogen-bond acceptors (Lipinski definition) is 15. The van der Waals surface area contributed by atoms with Crippen molar-refractivity contribution >= 4 is 39.5 Å². The molecular formula is C62H120O17P2. The fourth-order valence-electron chi connectivity index (χ4n) is 9.09. The van der Waals surface area contributed by atoms with Gasteiger partial charge in [0, 0.05) is 25.7 Å². The maximum Gasteiger partial charge on any atom is 0.472 e. The van der Waals surface area contributed by atoms with E-state index in [9.17, 15) is 43.2 Å². The molecule has 0 spiro atoms. The summed E-state index contributed by atoms with van der Waals surface area (Å²) in [4.78, 5) is 72.0. The standard InChI is InChI=1S/C62H120O17P2/c1-8-10-11-12-13-20-29-36-43-59(64)72-49-58(79-62(67)46-39-32-24-22-27-34-41-54(5)6)52-77-81(70,71)75-48-56(63)47-74-80(68,69)76-51-57(50-73-60(65)44-37-30-25-23-28-35-42-55(7)9-2)78-61(66)45-38-31-21-18-16-14-15-17-19-26-33-40-53(3)4/h53-58,63H,8-52H2,1-7H3,(H,68,69)(H,70,71)/t55?,56-,57-,58-/m1/s1. The molecule has 0 aromatic carbocycles. The number of esters is 4. The maximum atomic E-state index is 13.0. The predicted molar refractivity (Wildman–Crippen MR) is 321 cm³/mol. The van der Waals surface area contributed by atoms with Crippen molar-refractivity contribution in [1.82, 2.24) is 0 Å². The SMILES string of the molecule is CCCCCCCCCCC(=O)OC[C@H](COP(=O)(O)OC[C@H](O)COP(=O)(O)OC[C@@H](COC(=O)CCCCCCCCC(C)CC)OC(=O)CCCCCCCCCCCCCC(C)C)OC(=O)CCCCCCCCC(C)C. The van der Waals surface area contributed by atoms with Crippen LogP contribution in [0.25, 0.3) is 0 Å². The Morgan fingerprint density at radius 2 is 0.630 bits per heavy atom. The van der Waals surface area contributed by atoms with Crippen LogP contribution < -0.4 is 0 Å². The Bertz CT molecular complexity index is 1620. The number of hydrogen-bond donors (Lipinski definition) is 3. The lowest BCUT2D eigenvalue weighted by molar-refractivity contribution is -0.161. The Morgan fingerprint density at radius 1 is 0.358 bits per heavy atom. The zero-order valence-electron chi connectivity index (χ0n) is 52.2. The van der Waals surface area contributed by atoms with E-state index in [0.29, 0.717) is 31.6 Å². The molecule has 0 fully saturated rings. The molecule has 3 unspecified atom stereocenters. The maximum absolute atomic E-state index is 13.0. The third-order valence-electron chi connectivity index (χ3n) is 14.5. The highest BCUT2D eigenvalue weighted by molar-refractivity contribution is 7.47. The van der Waals surface area contributed by atoms with Crippen molar-refractivity contribution < 1.29 is 80.2 Å². The molecule has 0 saturated carbocycles. The first-order chi connectivity index (χ1) is 38.8. The zero-order valence-corrected chi connectivity index (χ0v) is 54.0. The average Bonchev–Trinajstić information content (AvgIpc) is 3.42. The summed E-state index contributed by atoms with van der Waals surface area (Å²) < 4.78 is 67.8. The van der Waals surface area contributed by atoms with Gasteiger partial charge in [-0.3, -0.25) is 37.3 Å². The highest BCUT2D eigenvalue weighted by atomic mass is 31.2. The number of carbonyl (C=O) groups excluding carboxylic acids is 4. The molecule has 3 N–H and O–H groups in total. The summed E-state index contributed by atoms with van der Waals surface area (Å²) >= 11 is 0. The molecule has 0 amide bonds. The molecule has 0 bridgehead atoms. The molecule has 0 aliphatic heterocycles. The van der Waals surface area contributed by atoms with Crippen molar-refractivity contribution in [3.8, 4) is 0 Å². The highest BCUT2D eigenvalue weighted by Gasteiger charge is 2.30. The van der Waals surface area contributed by atoms with Gasteiger partial charge in [-0.25, -0.2) is 9.13 Å². The molecule has 0 aliphatic rings. The van der Waals surface area contributed by atoms with Crippen molar-refractivity contribution in [3.63, 3.8) is 0 Å².